The fourth-order valence-corrected chi connectivity index (χ4v) is 2.95. The van der Waals surface area contributed by atoms with E-state index < -0.39 is 10.0 Å². The van der Waals surface area contributed by atoms with Gasteiger partial charge in [-0.1, -0.05) is 15.9 Å². The van der Waals surface area contributed by atoms with Gasteiger partial charge in [0.05, 0.1) is 10.6 Å². The molecule has 0 atom stereocenters. The predicted molar refractivity (Wildman–Crippen MR) is 86.1 cm³/mol. The maximum Gasteiger partial charge on any atom is 0.240 e. The first-order chi connectivity index (χ1) is 9.83. The minimum Gasteiger partial charge on any atom is -0.455 e. The van der Waals surface area contributed by atoms with Crippen molar-refractivity contribution in [3.63, 3.8) is 0 Å². The molecule has 0 spiro atoms. The molecule has 0 aromatic heterocycles. The Labute approximate surface area is 132 Å². The van der Waals surface area contributed by atoms with Crippen LogP contribution in [0.3, 0.4) is 0 Å². The van der Waals surface area contributed by atoms with Crippen LogP contribution in [0.25, 0.3) is 0 Å². The average molecular weight is 371 g/mol. The van der Waals surface area contributed by atoms with Gasteiger partial charge in [-0.25, -0.2) is 13.1 Å². The van der Waals surface area contributed by atoms with E-state index in [4.69, 9.17) is 10.5 Å². The number of nitrogen functional groups attached to an aromatic ring is 1. The van der Waals surface area contributed by atoms with E-state index in [9.17, 15) is 8.42 Å². The average Bonchev–Trinajstić information content (AvgIpc) is 2.43. The Balaban J connectivity index is 2.42. The molecule has 2 aromatic rings. The SMILES string of the molecule is CNS(=O)(=O)c1ccc(N)c(Oc2ccc(Br)cc2C)c1. The van der Waals surface area contributed by atoms with E-state index in [0.717, 1.165) is 10.0 Å². The number of benzene rings is 2. The Morgan fingerprint density at radius 2 is 1.86 bits per heavy atom. The van der Waals surface area contributed by atoms with E-state index in [1.54, 1.807) is 6.07 Å². The number of anilines is 1. The Morgan fingerprint density at radius 1 is 1.14 bits per heavy atom. The molecule has 21 heavy (non-hydrogen) atoms. The molecular formula is C14H15BrN2O3S. The normalized spacial score (nSPS) is 11.4. The molecule has 0 saturated carbocycles. The van der Waals surface area contributed by atoms with Gasteiger partial charge < -0.3 is 10.5 Å². The molecule has 0 bridgehead atoms. The molecule has 0 saturated heterocycles. The van der Waals surface area contributed by atoms with E-state index in [1.165, 1.54) is 25.2 Å². The van der Waals surface area contributed by atoms with Gasteiger partial charge in [0.1, 0.15) is 5.75 Å². The molecule has 0 amide bonds. The predicted octanol–water partition coefficient (Wildman–Crippen LogP) is 3.04. The van der Waals surface area contributed by atoms with Gasteiger partial charge in [0, 0.05) is 10.5 Å². The molecule has 0 aliphatic rings. The van der Waals surface area contributed by atoms with E-state index in [-0.39, 0.29) is 4.90 Å². The van der Waals surface area contributed by atoms with Gasteiger partial charge in [-0.05, 0) is 49.9 Å². The lowest BCUT2D eigenvalue weighted by Crippen LogP contribution is -2.18. The molecule has 0 fully saturated rings. The zero-order valence-electron chi connectivity index (χ0n) is 11.6. The summed E-state index contributed by atoms with van der Waals surface area (Å²) in [5.41, 5.74) is 7.13. The van der Waals surface area contributed by atoms with Crippen LogP contribution in [0, 0.1) is 6.92 Å². The molecule has 0 aliphatic heterocycles. The van der Waals surface area contributed by atoms with Gasteiger partial charge in [0.15, 0.2) is 5.75 Å². The minimum atomic E-state index is -3.54. The van der Waals surface area contributed by atoms with Gasteiger partial charge in [-0.15, -0.1) is 0 Å². The summed E-state index contributed by atoms with van der Waals surface area (Å²) in [7, 11) is -2.19. The first-order valence-corrected chi connectivity index (χ1v) is 8.38. The summed E-state index contributed by atoms with van der Waals surface area (Å²) in [6.45, 7) is 1.89. The quantitative estimate of drug-likeness (QED) is 0.810. The largest absolute Gasteiger partial charge is 0.455 e. The molecule has 2 rings (SSSR count). The number of hydrogen-bond donors (Lipinski definition) is 2. The lowest BCUT2D eigenvalue weighted by Gasteiger charge is -2.12. The third-order valence-corrected chi connectivity index (χ3v) is 4.83. The first-order valence-electron chi connectivity index (χ1n) is 6.10. The highest BCUT2D eigenvalue weighted by atomic mass is 79.9. The third-order valence-electron chi connectivity index (χ3n) is 2.92. The summed E-state index contributed by atoms with van der Waals surface area (Å²) in [6, 6.07) is 9.88. The second-order valence-electron chi connectivity index (χ2n) is 4.42. The lowest BCUT2D eigenvalue weighted by molar-refractivity contribution is 0.479. The number of sulfonamides is 1. The fourth-order valence-electron chi connectivity index (χ4n) is 1.73. The Kier molecular flexibility index (Phi) is 4.55. The molecule has 5 nitrogen and oxygen atoms in total. The van der Waals surface area contributed by atoms with Crippen molar-refractivity contribution < 1.29 is 13.2 Å². The van der Waals surface area contributed by atoms with Crippen LogP contribution in [-0.2, 0) is 10.0 Å². The molecule has 7 heteroatoms. The number of nitrogens with two attached hydrogens (primary N) is 1. The van der Waals surface area contributed by atoms with Crippen molar-refractivity contribution in [3.8, 4) is 11.5 Å². The van der Waals surface area contributed by atoms with Gasteiger partial charge in [0.25, 0.3) is 0 Å². The standard InChI is InChI=1S/C14H15BrN2O3S/c1-9-7-10(15)3-6-13(9)20-14-8-11(4-5-12(14)16)21(18,19)17-2/h3-8,17H,16H2,1-2H3. The maximum absolute atomic E-state index is 11.8. The van der Waals surface area contributed by atoms with Crippen LogP contribution in [-0.4, -0.2) is 15.5 Å². The molecule has 0 heterocycles. The fraction of sp³-hybridized carbons (Fsp3) is 0.143. The van der Waals surface area contributed by atoms with Crippen LogP contribution in [0.15, 0.2) is 45.8 Å². The number of ether oxygens (including phenoxy) is 1. The van der Waals surface area contributed by atoms with Crippen LogP contribution in [0.2, 0.25) is 0 Å². The second-order valence-corrected chi connectivity index (χ2v) is 7.22. The van der Waals surface area contributed by atoms with Crippen molar-refractivity contribution in [3.05, 3.63) is 46.4 Å². The zero-order valence-corrected chi connectivity index (χ0v) is 14.0. The summed E-state index contributed by atoms with van der Waals surface area (Å²) < 4.78 is 32.6. The van der Waals surface area contributed by atoms with Crippen molar-refractivity contribution >= 4 is 31.6 Å². The highest BCUT2D eigenvalue weighted by molar-refractivity contribution is 9.10. The summed E-state index contributed by atoms with van der Waals surface area (Å²) in [6.07, 6.45) is 0. The first kappa shape index (κ1) is 15.8. The van der Waals surface area contributed by atoms with Crippen molar-refractivity contribution in [2.75, 3.05) is 12.8 Å². The number of rotatable bonds is 4. The number of hydrogen-bond acceptors (Lipinski definition) is 4. The molecule has 0 aliphatic carbocycles. The third kappa shape index (κ3) is 3.55. The zero-order chi connectivity index (χ0) is 15.6. The molecule has 112 valence electrons. The summed E-state index contributed by atoms with van der Waals surface area (Å²) in [5, 5.41) is 0. The lowest BCUT2D eigenvalue weighted by atomic mass is 10.2. The number of halogens is 1. The van der Waals surface area contributed by atoms with Gasteiger partial charge in [-0.2, -0.15) is 0 Å². The Bertz CT molecular complexity index is 776. The molecule has 3 N–H and O–H groups in total. The topological polar surface area (TPSA) is 81.4 Å². The summed E-state index contributed by atoms with van der Waals surface area (Å²) >= 11 is 3.38. The minimum absolute atomic E-state index is 0.101. The molecule has 2 aromatic carbocycles. The number of nitrogens with one attached hydrogen (secondary N) is 1. The van der Waals surface area contributed by atoms with E-state index in [0.29, 0.717) is 17.2 Å². The highest BCUT2D eigenvalue weighted by Crippen LogP contribution is 2.32. The monoisotopic (exact) mass is 370 g/mol. The van der Waals surface area contributed by atoms with E-state index in [1.807, 2.05) is 19.1 Å². The van der Waals surface area contributed by atoms with Crippen LogP contribution < -0.4 is 15.2 Å². The van der Waals surface area contributed by atoms with Crippen molar-refractivity contribution in [1.82, 2.24) is 4.72 Å². The molecule has 0 radical (unpaired) electrons. The second kappa shape index (κ2) is 6.05. The molecule has 0 unspecified atom stereocenters. The van der Waals surface area contributed by atoms with Gasteiger partial charge in [0.2, 0.25) is 10.0 Å². The highest BCUT2D eigenvalue weighted by Gasteiger charge is 2.14. The smallest absolute Gasteiger partial charge is 0.240 e. The maximum atomic E-state index is 11.8. The van der Waals surface area contributed by atoms with E-state index >= 15 is 0 Å². The van der Waals surface area contributed by atoms with Crippen LogP contribution in [0.1, 0.15) is 5.56 Å². The van der Waals surface area contributed by atoms with Crippen molar-refractivity contribution in [1.29, 1.82) is 0 Å². The van der Waals surface area contributed by atoms with Crippen molar-refractivity contribution in [2.45, 2.75) is 11.8 Å². The Hall–Kier alpha value is -1.57. The van der Waals surface area contributed by atoms with E-state index in [2.05, 4.69) is 20.7 Å². The molecular weight excluding hydrogens is 356 g/mol. The van der Waals surface area contributed by atoms with Crippen LogP contribution in [0.4, 0.5) is 5.69 Å². The van der Waals surface area contributed by atoms with Crippen LogP contribution >= 0.6 is 15.9 Å². The van der Waals surface area contributed by atoms with Crippen molar-refractivity contribution in [2.24, 2.45) is 0 Å². The summed E-state index contributed by atoms with van der Waals surface area (Å²) in [4.78, 5) is 0.101. The summed E-state index contributed by atoms with van der Waals surface area (Å²) in [5.74, 6) is 0.917. The van der Waals surface area contributed by atoms with Crippen LogP contribution in [0.5, 0.6) is 11.5 Å². The Morgan fingerprint density at radius 3 is 2.48 bits per heavy atom. The number of aryl methyl sites for hydroxylation is 1. The van der Waals surface area contributed by atoms with Gasteiger partial charge >= 0.3 is 0 Å². The van der Waals surface area contributed by atoms with Gasteiger partial charge in [-0.3, -0.25) is 0 Å².